The number of hydrogen-bond donors (Lipinski definition) is 2. The molecule has 4 aliphatic rings. The third-order valence-electron chi connectivity index (χ3n) is 13.7. The van der Waals surface area contributed by atoms with Gasteiger partial charge in [-0.3, -0.25) is 0 Å². The molecule has 6 heteroatoms. The van der Waals surface area contributed by atoms with Crippen molar-refractivity contribution in [1.29, 1.82) is 0 Å². The number of aromatic nitrogens is 4. The van der Waals surface area contributed by atoms with Crippen molar-refractivity contribution >= 4 is 78.2 Å². The molecule has 0 amide bonds. The van der Waals surface area contributed by atoms with Crippen LogP contribution in [0.3, 0.4) is 0 Å². The molecule has 3 aromatic heterocycles. The van der Waals surface area contributed by atoms with Gasteiger partial charge in [0.25, 0.3) is 0 Å². The zero-order valence-electron chi connectivity index (χ0n) is 35.3. The zero-order chi connectivity index (χ0) is 43.7. The molecule has 0 saturated carbocycles. The maximum absolute atomic E-state index is 5.44. The number of rotatable bonds is 10. The van der Waals surface area contributed by atoms with Crippen LogP contribution in [0, 0.1) is 0 Å². The zero-order valence-corrected chi connectivity index (χ0v) is 38.5. The van der Waals surface area contributed by atoms with Crippen molar-refractivity contribution in [3.63, 3.8) is 0 Å². The first kappa shape index (κ1) is 40.2. The first-order valence-corrected chi connectivity index (χ1v) is 23.3. The van der Waals surface area contributed by atoms with Crippen molar-refractivity contribution in [2.45, 2.75) is 36.5 Å². The van der Waals surface area contributed by atoms with Gasteiger partial charge in [-0.2, -0.15) is 0 Å². The Hall–Kier alpha value is -6.60. The van der Waals surface area contributed by atoms with E-state index in [0.29, 0.717) is 0 Å². The van der Waals surface area contributed by atoms with E-state index in [9.17, 15) is 0 Å². The molecule has 4 aromatic carbocycles. The number of benzene rings is 4. The molecular weight excluding hydrogens is 912 g/mol. The molecule has 7 aromatic rings. The molecule has 64 heavy (non-hydrogen) atoms. The molecule has 11 rings (SSSR count). The molecule has 0 atom stereocenters. The van der Waals surface area contributed by atoms with Crippen molar-refractivity contribution in [2.24, 2.45) is 0 Å². The fraction of sp³-hybridized carbons (Fsp3) is 0.103. The van der Waals surface area contributed by atoms with Crippen LogP contribution in [0.15, 0.2) is 169 Å². The summed E-state index contributed by atoms with van der Waals surface area (Å²) in [4.78, 5) is 18.6. The monoisotopic (exact) mass is 954 g/mol. The molecule has 2 aliphatic carbocycles. The van der Waals surface area contributed by atoms with Crippen molar-refractivity contribution in [2.75, 3.05) is 0 Å². The Labute approximate surface area is 390 Å². The van der Waals surface area contributed by atoms with Crippen LogP contribution in [-0.4, -0.2) is 19.9 Å². The summed E-state index contributed by atoms with van der Waals surface area (Å²) >= 11 is 8.08. The summed E-state index contributed by atoms with van der Waals surface area (Å²) in [5.74, 6) is 0. The van der Waals surface area contributed by atoms with Gasteiger partial charge >= 0.3 is 0 Å². The molecule has 0 fully saturated rings. The van der Waals surface area contributed by atoms with E-state index < -0.39 is 0 Å². The summed E-state index contributed by atoms with van der Waals surface area (Å²) in [6.45, 7) is 17.1. The summed E-state index contributed by atoms with van der Waals surface area (Å²) in [6, 6.07) is 39.6. The molecule has 0 radical (unpaired) electrons. The number of allylic oxidation sites excluding steroid dienone is 4. The minimum atomic E-state index is -0.346. The minimum Gasteiger partial charge on any atom is -0.354 e. The lowest BCUT2D eigenvalue weighted by Crippen LogP contribution is -2.24. The number of hydrogen-bond acceptors (Lipinski definition) is 2. The number of H-pyrrole nitrogens is 2. The van der Waals surface area contributed by atoms with Gasteiger partial charge in [-0.25, -0.2) is 9.97 Å². The Bertz CT molecular complexity index is 3160. The second-order valence-corrected chi connectivity index (χ2v) is 18.6. The summed E-state index contributed by atoms with van der Waals surface area (Å²) in [6.07, 6.45) is 19.8. The average molecular weight is 957 g/mol. The van der Waals surface area contributed by atoms with E-state index in [4.69, 9.17) is 9.97 Å². The quantitative estimate of drug-likeness (QED) is 0.134. The molecule has 0 saturated heterocycles. The molecule has 5 heterocycles. The minimum absolute atomic E-state index is 0.346. The van der Waals surface area contributed by atoms with Gasteiger partial charge in [-0.15, -0.1) is 26.3 Å². The smallest absolute Gasteiger partial charge is 0.0801 e. The molecule has 8 bridgehead atoms. The molecule has 310 valence electrons. The van der Waals surface area contributed by atoms with E-state index in [2.05, 4.69) is 226 Å². The maximum Gasteiger partial charge on any atom is 0.0801 e. The van der Waals surface area contributed by atoms with Crippen molar-refractivity contribution < 1.29 is 0 Å². The second-order valence-electron chi connectivity index (χ2n) is 17.1. The molecule has 0 unspecified atom stereocenters. The lowest BCUT2D eigenvalue weighted by Gasteiger charge is -2.32. The topological polar surface area (TPSA) is 57.4 Å². The summed E-state index contributed by atoms with van der Waals surface area (Å²) in [7, 11) is 0. The van der Waals surface area contributed by atoms with Gasteiger partial charge in [0.15, 0.2) is 0 Å². The van der Waals surface area contributed by atoms with Gasteiger partial charge in [0, 0.05) is 33.0 Å². The van der Waals surface area contributed by atoms with E-state index in [0.717, 1.165) is 102 Å². The number of halogens is 2. The SMILES string of the molecule is C=CCC1(CC=C)c2ccccc2-c2cccc(-c3c4nc(c(Br)c5ccc([nH]5)c(-c5cccc6c5C(CC=C)(CC=C)c5ccccc5-6)c5nc(c(Br)c6ccc3[nH]6)C=C5)C=C4)c21. The van der Waals surface area contributed by atoms with E-state index >= 15 is 0 Å². The maximum atomic E-state index is 5.44. The van der Waals surface area contributed by atoms with Crippen LogP contribution in [0.25, 0.3) is 90.9 Å². The van der Waals surface area contributed by atoms with Gasteiger partial charge in [0.1, 0.15) is 0 Å². The van der Waals surface area contributed by atoms with Crippen LogP contribution >= 0.6 is 31.9 Å². The first-order valence-electron chi connectivity index (χ1n) is 21.7. The molecule has 0 spiro atoms. The second kappa shape index (κ2) is 15.6. The highest BCUT2D eigenvalue weighted by atomic mass is 79.9. The lowest BCUT2D eigenvalue weighted by atomic mass is 9.70. The number of nitrogens with zero attached hydrogens (tertiary/aromatic N) is 2. The van der Waals surface area contributed by atoms with Crippen LogP contribution in [0.5, 0.6) is 0 Å². The van der Waals surface area contributed by atoms with E-state index in [1.807, 2.05) is 0 Å². The lowest BCUT2D eigenvalue weighted by molar-refractivity contribution is 0.544. The van der Waals surface area contributed by atoms with Crippen molar-refractivity contribution in [3.05, 3.63) is 214 Å². The van der Waals surface area contributed by atoms with E-state index in [1.54, 1.807) is 0 Å². The summed E-state index contributed by atoms with van der Waals surface area (Å²) in [5.41, 5.74) is 20.8. The summed E-state index contributed by atoms with van der Waals surface area (Å²) < 4.78 is 1.74. The standard InChI is InChI=1S/C58H44Br2N4/c1-5-31-57(32-6-2)41-21-11-9-15-35(41)37-17-13-19-39(53(37)57)51-43-23-27-47(61-43)55(59)49-29-25-45(63-49)52(46-26-30-50(64-46)56(60)48-28-24-44(51)62-48)40-20-14-18-38-36-16-10-12-22-42(36)58(33-7-3,34-8-4)54(38)40/h5-30,61,64H,1-4,31-34H2. The predicted octanol–water partition coefficient (Wildman–Crippen LogP) is 16.4. The third kappa shape index (κ3) is 5.85. The molecule has 2 aliphatic heterocycles. The van der Waals surface area contributed by atoms with Crippen LogP contribution in [0.2, 0.25) is 0 Å². The van der Waals surface area contributed by atoms with Crippen LogP contribution < -0.4 is 0 Å². The summed E-state index contributed by atoms with van der Waals surface area (Å²) in [5, 5.41) is 0. The highest BCUT2D eigenvalue weighted by molar-refractivity contribution is 9.11. The fourth-order valence-corrected chi connectivity index (χ4v) is 12.1. The highest BCUT2D eigenvalue weighted by Gasteiger charge is 2.45. The van der Waals surface area contributed by atoms with Gasteiger partial charge in [0.05, 0.1) is 42.8 Å². The Kier molecular flexibility index (Phi) is 9.79. The van der Waals surface area contributed by atoms with Gasteiger partial charge in [0.2, 0.25) is 0 Å². The fourth-order valence-electron chi connectivity index (χ4n) is 11.2. The van der Waals surface area contributed by atoms with E-state index in [1.165, 1.54) is 44.5 Å². The predicted molar refractivity (Wildman–Crippen MR) is 277 cm³/mol. The number of aromatic amines is 2. The van der Waals surface area contributed by atoms with Crippen molar-refractivity contribution in [3.8, 4) is 44.5 Å². The normalized spacial score (nSPS) is 14.4. The number of nitrogens with one attached hydrogen (secondary N) is 2. The average Bonchev–Trinajstić information content (AvgIpc) is 4.19. The Morgan fingerprint density at radius 2 is 0.750 bits per heavy atom. The van der Waals surface area contributed by atoms with Crippen LogP contribution in [-0.2, 0) is 10.8 Å². The first-order chi connectivity index (χ1) is 31.4. The van der Waals surface area contributed by atoms with Gasteiger partial charge in [-0.1, -0.05) is 109 Å². The molecular formula is C58H44Br2N4. The third-order valence-corrected chi connectivity index (χ3v) is 15.4. The highest BCUT2D eigenvalue weighted by Crippen LogP contribution is 2.58. The Morgan fingerprint density at radius 3 is 1.16 bits per heavy atom. The van der Waals surface area contributed by atoms with Crippen LogP contribution in [0.1, 0.15) is 70.7 Å². The van der Waals surface area contributed by atoms with E-state index in [-0.39, 0.29) is 10.8 Å². The largest absolute Gasteiger partial charge is 0.354 e. The van der Waals surface area contributed by atoms with Gasteiger partial charge < -0.3 is 9.97 Å². The Morgan fingerprint density at radius 1 is 0.406 bits per heavy atom. The van der Waals surface area contributed by atoms with Gasteiger partial charge in [-0.05, 0) is 162 Å². The Balaban J connectivity index is 1.22. The van der Waals surface area contributed by atoms with Crippen molar-refractivity contribution in [1.82, 2.24) is 19.9 Å². The molecule has 4 nitrogen and oxygen atoms in total. The molecule has 2 N–H and O–H groups in total. The van der Waals surface area contributed by atoms with Crippen LogP contribution in [0.4, 0.5) is 0 Å². The number of fused-ring (bicyclic) bond motifs is 14.